The van der Waals surface area contributed by atoms with Crippen molar-refractivity contribution in [3.63, 3.8) is 0 Å². The fraction of sp³-hybridized carbons (Fsp3) is 0.571. The predicted octanol–water partition coefficient (Wildman–Crippen LogP) is 1.64. The standard InChI is InChI=1S/C14H23FN2O3S/c1-5-20-14(2,3)10-17-21(18,19)13-8-11(9-16-4)6-7-12(13)15/h6-8,16-17H,5,9-10H2,1-4H3. The van der Waals surface area contributed by atoms with Crippen molar-refractivity contribution >= 4 is 10.0 Å². The molecule has 0 atom stereocenters. The molecule has 120 valence electrons. The van der Waals surface area contributed by atoms with Gasteiger partial charge >= 0.3 is 0 Å². The first-order chi connectivity index (χ1) is 9.72. The van der Waals surface area contributed by atoms with Crippen LogP contribution < -0.4 is 10.0 Å². The SMILES string of the molecule is CCOC(C)(C)CNS(=O)(=O)c1cc(CNC)ccc1F. The number of nitrogens with one attached hydrogen (secondary N) is 2. The Morgan fingerprint density at radius 1 is 1.33 bits per heavy atom. The highest BCUT2D eigenvalue weighted by molar-refractivity contribution is 7.89. The summed E-state index contributed by atoms with van der Waals surface area (Å²) in [6.07, 6.45) is 0. The average molecular weight is 318 g/mol. The van der Waals surface area contributed by atoms with Crippen LogP contribution in [-0.4, -0.2) is 34.2 Å². The van der Waals surface area contributed by atoms with E-state index in [1.807, 2.05) is 6.92 Å². The summed E-state index contributed by atoms with van der Waals surface area (Å²) in [5, 5.41) is 2.90. The lowest BCUT2D eigenvalue weighted by Gasteiger charge is -2.24. The molecule has 0 radical (unpaired) electrons. The van der Waals surface area contributed by atoms with Crippen LogP contribution in [-0.2, 0) is 21.3 Å². The molecular weight excluding hydrogens is 295 g/mol. The monoisotopic (exact) mass is 318 g/mol. The lowest BCUT2D eigenvalue weighted by Crippen LogP contribution is -2.40. The van der Waals surface area contributed by atoms with Crippen molar-refractivity contribution < 1.29 is 17.5 Å². The van der Waals surface area contributed by atoms with Gasteiger partial charge in [-0.15, -0.1) is 0 Å². The second kappa shape index (κ2) is 7.31. The Morgan fingerprint density at radius 2 is 2.00 bits per heavy atom. The van der Waals surface area contributed by atoms with E-state index in [-0.39, 0.29) is 11.4 Å². The molecule has 0 saturated heterocycles. The van der Waals surface area contributed by atoms with Gasteiger partial charge in [-0.3, -0.25) is 0 Å². The molecule has 0 bridgehead atoms. The molecule has 0 unspecified atom stereocenters. The van der Waals surface area contributed by atoms with Gasteiger partial charge in [-0.2, -0.15) is 0 Å². The maximum absolute atomic E-state index is 13.8. The summed E-state index contributed by atoms with van der Waals surface area (Å²) in [4.78, 5) is -0.345. The average Bonchev–Trinajstić information content (AvgIpc) is 2.39. The maximum atomic E-state index is 13.8. The zero-order valence-corrected chi connectivity index (χ0v) is 13.7. The number of hydrogen-bond acceptors (Lipinski definition) is 4. The van der Waals surface area contributed by atoms with Gasteiger partial charge in [0.25, 0.3) is 0 Å². The molecule has 5 nitrogen and oxygen atoms in total. The zero-order valence-electron chi connectivity index (χ0n) is 12.9. The van der Waals surface area contributed by atoms with Gasteiger partial charge in [-0.05, 0) is 45.5 Å². The topological polar surface area (TPSA) is 67.4 Å². The van der Waals surface area contributed by atoms with Gasteiger partial charge in [0.15, 0.2) is 0 Å². The maximum Gasteiger partial charge on any atom is 0.243 e. The van der Waals surface area contributed by atoms with Gasteiger partial charge in [0.05, 0.1) is 5.60 Å². The van der Waals surface area contributed by atoms with Crippen LogP contribution in [0, 0.1) is 5.82 Å². The Balaban J connectivity index is 2.94. The zero-order chi connectivity index (χ0) is 16.1. The van der Waals surface area contributed by atoms with Gasteiger partial charge < -0.3 is 10.1 Å². The Hall–Kier alpha value is -1.02. The van der Waals surface area contributed by atoms with E-state index in [1.165, 1.54) is 6.07 Å². The predicted molar refractivity (Wildman–Crippen MR) is 80.1 cm³/mol. The molecule has 0 spiro atoms. The summed E-state index contributed by atoms with van der Waals surface area (Å²) < 4.78 is 46.1. The summed E-state index contributed by atoms with van der Waals surface area (Å²) in [6, 6.07) is 4.05. The van der Waals surface area contributed by atoms with Gasteiger partial charge in [0.1, 0.15) is 10.7 Å². The molecule has 0 saturated carbocycles. The van der Waals surface area contributed by atoms with Crippen LogP contribution in [0.1, 0.15) is 26.3 Å². The first-order valence-electron chi connectivity index (χ1n) is 6.78. The van der Waals surface area contributed by atoms with Gasteiger partial charge in [0, 0.05) is 19.7 Å². The van der Waals surface area contributed by atoms with Gasteiger partial charge in [0.2, 0.25) is 10.0 Å². The molecule has 7 heteroatoms. The summed E-state index contributed by atoms with van der Waals surface area (Å²) in [6.45, 7) is 6.38. The second-order valence-electron chi connectivity index (χ2n) is 5.31. The second-order valence-corrected chi connectivity index (χ2v) is 7.05. The molecule has 0 aliphatic carbocycles. The third-order valence-corrected chi connectivity index (χ3v) is 4.31. The summed E-state index contributed by atoms with van der Waals surface area (Å²) in [7, 11) is -2.18. The van der Waals surface area contributed by atoms with Crippen molar-refractivity contribution in [2.75, 3.05) is 20.2 Å². The smallest absolute Gasteiger partial charge is 0.243 e. The van der Waals surface area contributed by atoms with Crippen molar-refractivity contribution in [3.05, 3.63) is 29.6 Å². The van der Waals surface area contributed by atoms with Crippen molar-refractivity contribution in [2.24, 2.45) is 0 Å². The van der Waals surface area contributed by atoms with E-state index in [0.29, 0.717) is 18.7 Å². The van der Waals surface area contributed by atoms with Crippen molar-refractivity contribution in [3.8, 4) is 0 Å². The molecule has 1 rings (SSSR count). The minimum Gasteiger partial charge on any atom is -0.375 e. The first-order valence-corrected chi connectivity index (χ1v) is 8.27. The van der Waals surface area contributed by atoms with E-state index in [1.54, 1.807) is 27.0 Å². The number of rotatable bonds is 8. The fourth-order valence-corrected chi connectivity index (χ4v) is 3.18. The van der Waals surface area contributed by atoms with Crippen LogP contribution in [0.5, 0.6) is 0 Å². The molecule has 2 N–H and O–H groups in total. The molecule has 0 amide bonds. The van der Waals surface area contributed by atoms with Crippen LogP contribution in [0.15, 0.2) is 23.1 Å². The van der Waals surface area contributed by atoms with E-state index in [9.17, 15) is 12.8 Å². The van der Waals surface area contributed by atoms with Gasteiger partial charge in [-0.1, -0.05) is 6.07 Å². The Labute approximate surface area is 125 Å². The number of benzene rings is 1. The number of sulfonamides is 1. The van der Waals surface area contributed by atoms with Crippen molar-refractivity contribution in [2.45, 2.75) is 37.8 Å². The highest BCUT2D eigenvalue weighted by Crippen LogP contribution is 2.17. The summed E-state index contributed by atoms with van der Waals surface area (Å²) >= 11 is 0. The molecule has 1 aromatic rings. The normalized spacial score (nSPS) is 12.6. The lowest BCUT2D eigenvalue weighted by molar-refractivity contribution is -0.00516. The molecule has 0 aliphatic rings. The van der Waals surface area contributed by atoms with Crippen LogP contribution in [0.4, 0.5) is 4.39 Å². The third-order valence-electron chi connectivity index (χ3n) is 2.89. The van der Waals surface area contributed by atoms with Crippen molar-refractivity contribution in [1.82, 2.24) is 10.0 Å². The quantitative estimate of drug-likeness (QED) is 0.765. The van der Waals surface area contributed by atoms with E-state index in [4.69, 9.17) is 4.74 Å². The largest absolute Gasteiger partial charge is 0.375 e. The van der Waals surface area contributed by atoms with E-state index < -0.39 is 21.4 Å². The Morgan fingerprint density at radius 3 is 2.57 bits per heavy atom. The van der Waals surface area contributed by atoms with E-state index >= 15 is 0 Å². The number of ether oxygens (including phenoxy) is 1. The lowest BCUT2D eigenvalue weighted by atomic mass is 10.1. The van der Waals surface area contributed by atoms with E-state index in [2.05, 4.69) is 10.0 Å². The summed E-state index contributed by atoms with van der Waals surface area (Å²) in [5.74, 6) is -0.767. The molecular formula is C14H23FN2O3S. The third kappa shape index (κ3) is 5.35. The van der Waals surface area contributed by atoms with Gasteiger partial charge in [-0.25, -0.2) is 17.5 Å². The Bertz CT molecular complexity index is 574. The molecule has 0 aromatic heterocycles. The highest BCUT2D eigenvalue weighted by Gasteiger charge is 2.24. The van der Waals surface area contributed by atoms with Crippen LogP contribution >= 0.6 is 0 Å². The minimum atomic E-state index is -3.92. The Kier molecular flexibility index (Phi) is 6.27. The van der Waals surface area contributed by atoms with Crippen LogP contribution in [0.25, 0.3) is 0 Å². The highest BCUT2D eigenvalue weighted by atomic mass is 32.2. The minimum absolute atomic E-state index is 0.0683. The number of halogens is 1. The van der Waals surface area contributed by atoms with Crippen molar-refractivity contribution in [1.29, 1.82) is 0 Å². The molecule has 0 fully saturated rings. The number of hydrogen-bond donors (Lipinski definition) is 2. The van der Waals surface area contributed by atoms with E-state index in [0.717, 1.165) is 6.07 Å². The molecule has 21 heavy (non-hydrogen) atoms. The fourth-order valence-electron chi connectivity index (χ4n) is 1.86. The van der Waals surface area contributed by atoms with Crippen LogP contribution in [0.3, 0.4) is 0 Å². The molecule has 0 heterocycles. The summed E-state index contributed by atoms with van der Waals surface area (Å²) in [5.41, 5.74) is 0.0456. The molecule has 0 aliphatic heterocycles. The molecule has 1 aromatic carbocycles. The first kappa shape index (κ1) is 18.0. The van der Waals surface area contributed by atoms with Crippen LogP contribution in [0.2, 0.25) is 0 Å².